The van der Waals surface area contributed by atoms with Gasteiger partial charge in [-0.25, -0.2) is 4.39 Å². The summed E-state index contributed by atoms with van der Waals surface area (Å²) in [5.74, 6) is 0.352. The lowest BCUT2D eigenvalue weighted by molar-refractivity contribution is -0.138. The van der Waals surface area contributed by atoms with Crippen LogP contribution in [0.1, 0.15) is 12.2 Å². The molecule has 1 atom stereocenters. The molecule has 0 bridgehead atoms. The molecule has 1 saturated heterocycles. The first-order chi connectivity index (χ1) is 17.5. The molecule has 0 aliphatic carbocycles. The molecule has 1 aromatic heterocycles. The van der Waals surface area contributed by atoms with Gasteiger partial charge in [0.25, 0.3) is 5.91 Å². The molecule has 0 radical (unpaired) electrons. The number of anilines is 2. The first-order valence-electron chi connectivity index (χ1n) is 11.2. The predicted octanol–water partition coefficient (Wildman–Crippen LogP) is 5.37. The Morgan fingerprint density at radius 1 is 0.944 bits per heavy atom. The van der Waals surface area contributed by atoms with Crippen LogP contribution in [-0.4, -0.2) is 26.0 Å². The van der Waals surface area contributed by atoms with Crippen LogP contribution in [0.4, 0.5) is 15.8 Å². The molecule has 0 saturated carbocycles. The number of nitrogens with one attached hydrogen (secondary N) is 1. The number of benzene rings is 3. The lowest BCUT2D eigenvalue weighted by Gasteiger charge is -2.49. The van der Waals surface area contributed by atoms with Gasteiger partial charge in [-0.2, -0.15) is 0 Å². The summed E-state index contributed by atoms with van der Waals surface area (Å²) in [4.78, 5) is 28.3. The Morgan fingerprint density at radius 2 is 1.67 bits per heavy atom. The SMILES string of the molecule is COc1cccc(NC(=O)C2(c3ccc(-c4ccccc4F)o3)CC(=O)N2c2cccc(OC)c2)c1. The van der Waals surface area contributed by atoms with E-state index in [1.807, 2.05) is 0 Å². The topological polar surface area (TPSA) is 81.0 Å². The maximum atomic E-state index is 14.5. The summed E-state index contributed by atoms with van der Waals surface area (Å²) in [5, 5.41) is 2.89. The highest BCUT2D eigenvalue weighted by molar-refractivity contribution is 6.16. The molecule has 1 aliphatic rings. The van der Waals surface area contributed by atoms with Gasteiger partial charge in [0.1, 0.15) is 28.8 Å². The number of methoxy groups -OCH3 is 2. The summed E-state index contributed by atoms with van der Waals surface area (Å²) in [7, 11) is 3.05. The molecular formula is C28H23FN2O5. The lowest BCUT2D eigenvalue weighted by atomic mass is 9.79. The van der Waals surface area contributed by atoms with E-state index in [4.69, 9.17) is 13.9 Å². The zero-order valence-electron chi connectivity index (χ0n) is 19.7. The van der Waals surface area contributed by atoms with Crippen LogP contribution in [0, 0.1) is 5.82 Å². The highest BCUT2D eigenvalue weighted by atomic mass is 19.1. The van der Waals surface area contributed by atoms with Crippen molar-refractivity contribution in [1.29, 1.82) is 0 Å². The lowest BCUT2D eigenvalue weighted by Crippen LogP contribution is -2.67. The van der Waals surface area contributed by atoms with Crippen molar-refractivity contribution in [2.24, 2.45) is 0 Å². The number of amides is 2. The first kappa shape index (κ1) is 23.2. The molecule has 7 nitrogen and oxygen atoms in total. The van der Waals surface area contributed by atoms with Crippen LogP contribution in [0.3, 0.4) is 0 Å². The van der Waals surface area contributed by atoms with Gasteiger partial charge < -0.3 is 19.2 Å². The molecule has 4 aromatic rings. The van der Waals surface area contributed by atoms with Gasteiger partial charge in [0, 0.05) is 23.5 Å². The second-order valence-corrected chi connectivity index (χ2v) is 8.30. The fourth-order valence-corrected chi connectivity index (χ4v) is 4.40. The summed E-state index contributed by atoms with van der Waals surface area (Å²) in [6, 6.07) is 23.2. The molecule has 182 valence electrons. The number of nitrogens with zero attached hydrogens (tertiary/aromatic N) is 1. The molecule has 3 aromatic carbocycles. The normalized spacial score (nSPS) is 16.9. The van der Waals surface area contributed by atoms with E-state index in [9.17, 15) is 14.0 Å². The molecule has 1 aliphatic heterocycles. The number of hydrogen-bond donors (Lipinski definition) is 1. The van der Waals surface area contributed by atoms with Crippen LogP contribution >= 0.6 is 0 Å². The van der Waals surface area contributed by atoms with Crippen molar-refractivity contribution >= 4 is 23.2 Å². The van der Waals surface area contributed by atoms with E-state index in [0.717, 1.165) is 0 Å². The molecule has 0 spiro atoms. The fraction of sp³-hybridized carbons (Fsp3) is 0.143. The van der Waals surface area contributed by atoms with E-state index in [-0.39, 0.29) is 29.4 Å². The fourth-order valence-electron chi connectivity index (χ4n) is 4.40. The van der Waals surface area contributed by atoms with E-state index in [1.165, 1.54) is 25.2 Å². The molecule has 1 unspecified atom stereocenters. The van der Waals surface area contributed by atoms with Crippen LogP contribution in [0.25, 0.3) is 11.3 Å². The summed E-state index contributed by atoms with van der Waals surface area (Å²) < 4.78 is 31.1. The number of rotatable bonds is 7. The quantitative estimate of drug-likeness (QED) is 0.355. The van der Waals surface area contributed by atoms with Gasteiger partial charge in [-0.1, -0.05) is 24.3 Å². The maximum absolute atomic E-state index is 14.5. The number of furan rings is 1. The van der Waals surface area contributed by atoms with E-state index in [1.54, 1.807) is 78.9 Å². The second kappa shape index (κ2) is 9.22. The largest absolute Gasteiger partial charge is 0.497 e. The van der Waals surface area contributed by atoms with Gasteiger partial charge in [-0.15, -0.1) is 0 Å². The molecule has 1 fully saturated rings. The minimum atomic E-state index is -1.50. The molecule has 2 heterocycles. The van der Waals surface area contributed by atoms with Crippen LogP contribution in [0.5, 0.6) is 11.5 Å². The highest BCUT2D eigenvalue weighted by Gasteiger charge is 2.61. The molecule has 5 rings (SSSR count). The maximum Gasteiger partial charge on any atom is 0.259 e. The zero-order chi connectivity index (χ0) is 25.3. The Kier molecular flexibility index (Phi) is 5.93. The van der Waals surface area contributed by atoms with Crippen molar-refractivity contribution < 1.29 is 27.9 Å². The number of carbonyl (C=O) groups excluding carboxylic acids is 2. The van der Waals surface area contributed by atoms with Crippen molar-refractivity contribution in [3.05, 3.63) is 96.5 Å². The van der Waals surface area contributed by atoms with Gasteiger partial charge >= 0.3 is 0 Å². The van der Waals surface area contributed by atoms with E-state index in [2.05, 4.69) is 5.32 Å². The van der Waals surface area contributed by atoms with Gasteiger partial charge in [-0.05, 0) is 48.5 Å². The number of carbonyl (C=O) groups is 2. The standard InChI is InChI=1S/C28H23FN2O5/c1-34-20-9-5-7-18(15-20)30-27(33)28(17-26(32)31(28)19-8-6-10-21(16-19)35-2)25-14-13-24(36-25)22-11-3-4-12-23(22)29/h3-16H,17H2,1-2H3,(H,30,33). The van der Waals surface area contributed by atoms with E-state index in [0.29, 0.717) is 22.9 Å². The van der Waals surface area contributed by atoms with Crippen molar-refractivity contribution in [1.82, 2.24) is 0 Å². The minimum absolute atomic E-state index is 0.135. The second-order valence-electron chi connectivity index (χ2n) is 8.30. The average molecular weight is 486 g/mol. The average Bonchev–Trinajstić information content (AvgIpc) is 3.37. The molecule has 36 heavy (non-hydrogen) atoms. The smallest absolute Gasteiger partial charge is 0.259 e. The first-order valence-corrected chi connectivity index (χ1v) is 11.2. The van der Waals surface area contributed by atoms with Crippen LogP contribution in [-0.2, 0) is 15.1 Å². The van der Waals surface area contributed by atoms with Gasteiger partial charge in [0.15, 0.2) is 5.54 Å². The van der Waals surface area contributed by atoms with Gasteiger partial charge in [-0.3, -0.25) is 14.5 Å². The number of ether oxygens (including phenoxy) is 2. The van der Waals surface area contributed by atoms with Crippen molar-refractivity contribution in [2.75, 3.05) is 24.4 Å². The monoisotopic (exact) mass is 486 g/mol. The minimum Gasteiger partial charge on any atom is -0.497 e. The van der Waals surface area contributed by atoms with Crippen LogP contribution in [0.15, 0.2) is 89.3 Å². The molecular weight excluding hydrogens is 463 g/mol. The Hall–Kier alpha value is -4.59. The third-order valence-electron chi connectivity index (χ3n) is 6.21. The Labute approximate surface area is 207 Å². The summed E-state index contributed by atoms with van der Waals surface area (Å²) in [6.45, 7) is 0. The summed E-state index contributed by atoms with van der Waals surface area (Å²) in [6.07, 6.45) is -0.135. The van der Waals surface area contributed by atoms with Crippen molar-refractivity contribution in [2.45, 2.75) is 12.0 Å². The zero-order valence-corrected chi connectivity index (χ0v) is 19.7. The molecule has 2 amide bonds. The third kappa shape index (κ3) is 3.86. The number of hydrogen-bond acceptors (Lipinski definition) is 5. The summed E-state index contributed by atoms with van der Waals surface area (Å²) in [5.41, 5.74) is -0.291. The van der Waals surface area contributed by atoms with Crippen LogP contribution in [0.2, 0.25) is 0 Å². The van der Waals surface area contributed by atoms with Crippen LogP contribution < -0.4 is 19.7 Å². The van der Waals surface area contributed by atoms with Gasteiger partial charge in [0.05, 0.1) is 26.2 Å². The highest BCUT2D eigenvalue weighted by Crippen LogP contribution is 2.47. The van der Waals surface area contributed by atoms with Crippen molar-refractivity contribution in [3.63, 3.8) is 0 Å². The Morgan fingerprint density at radius 3 is 2.39 bits per heavy atom. The van der Waals surface area contributed by atoms with E-state index < -0.39 is 17.3 Å². The van der Waals surface area contributed by atoms with Crippen molar-refractivity contribution in [3.8, 4) is 22.8 Å². The van der Waals surface area contributed by atoms with E-state index >= 15 is 0 Å². The third-order valence-corrected chi connectivity index (χ3v) is 6.21. The van der Waals surface area contributed by atoms with Gasteiger partial charge in [0.2, 0.25) is 5.91 Å². The Bertz CT molecular complexity index is 1450. The summed E-state index contributed by atoms with van der Waals surface area (Å²) >= 11 is 0. The molecule has 1 N–H and O–H groups in total. The number of halogens is 1. The predicted molar refractivity (Wildman–Crippen MR) is 133 cm³/mol. The Balaban J connectivity index is 1.61. The number of β-lactam (4-membered cyclic amide) rings is 1. The molecule has 8 heteroatoms.